The lowest BCUT2D eigenvalue weighted by Crippen LogP contribution is -2.47. The molecule has 1 N–H and O–H groups in total. The Morgan fingerprint density at radius 1 is 1.00 bits per heavy atom. The minimum atomic E-state index is -3.69. The Labute approximate surface area is 161 Å². The highest BCUT2D eigenvalue weighted by Crippen LogP contribution is 2.66. The molecule has 3 unspecified atom stereocenters. The Morgan fingerprint density at radius 2 is 1.52 bits per heavy atom. The Balaban J connectivity index is 1.78. The average Bonchev–Trinajstić information content (AvgIpc) is 2.97. The van der Waals surface area contributed by atoms with Crippen LogP contribution in [0.1, 0.15) is 33.1 Å². The third-order valence-corrected chi connectivity index (χ3v) is 8.95. The van der Waals surface area contributed by atoms with Crippen LogP contribution in [-0.4, -0.2) is 25.4 Å². The molecule has 2 fully saturated rings. The maximum Gasteiger partial charge on any atom is 0.240 e. The first-order chi connectivity index (χ1) is 12.8. The second-order valence-electron chi connectivity index (χ2n) is 8.56. The van der Waals surface area contributed by atoms with Gasteiger partial charge < -0.3 is 5.11 Å². The maximum atomic E-state index is 13.7. The lowest BCUT2D eigenvalue weighted by molar-refractivity contribution is 0.0153. The van der Waals surface area contributed by atoms with Crippen molar-refractivity contribution in [1.29, 1.82) is 0 Å². The zero-order valence-electron chi connectivity index (χ0n) is 15.9. The normalized spacial score (nSPS) is 29.0. The van der Waals surface area contributed by atoms with Gasteiger partial charge in [0, 0.05) is 5.41 Å². The molecule has 0 spiro atoms. The molecule has 3 atom stereocenters. The third-order valence-electron chi connectivity index (χ3n) is 7.09. The molecule has 2 bridgehead atoms. The molecular formula is C22H27NO3S. The number of aliphatic hydroxyl groups excluding tert-OH is 1. The first-order valence-electron chi connectivity index (χ1n) is 9.59. The van der Waals surface area contributed by atoms with E-state index >= 15 is 0 Å². The number of anilines is 2. The molecule has 4 nitrogen and oxygen atoms in total. The molecule has 144 valence electrons. The van der Waals surface area contributed by atoms with E-state index in [1.807, 2.05) is 60.7 Å². The van der Waals surface area contributed by atoms with Crippen LogP contribution in [-0.2, 0) is 10.0 Å². The van der Waals surface area contributed by atoms with Gasteiger partial charge in [-0.2, -0.15) is 0 Å². The van der Waals surface area contributed by atoms with Crippen LogP contribution in [0.4, 0.5) is 11.4 Å². The number of aliphatic hydroxyl groups is 1. The summed E-state index contributed by atoms with van der Waals surface area (Å²) in [6.07, 6.45) is 1.91. The van der Waals surface area contributed by atoms with E-state index in [1.165, 1.54) is 4.31 Å². The Hall–Kier alpha value is -1.85. The van der Waals surface area contributed by atoms with Gasteiger partial charge in [0.2, 0.25) is 10.0 Å². The van der Waals surface area contributed by atoms with Crippen molar-refractivity contribution in [3.8, 4) is 0 Å². The summed E-state index contributed by atoms with van der Waals surface area (Å²) in [7, 11) is -3.69. The lowest BCUT2D eigenvalue weighted by atomic mass is 9.70. The summed E-state index contributed by atoms with van der Waals surface area (Å²) in [5.41, 5.74) is 0.483. The third kappa shape index (κ3) is 2.79. The van der Waals surface area contributed by atoms with Gasteiger partial charge in [-0.1, -0.05) is 50.2 Å². The van der Waals surface area contributed by atoms with E-state index in [9.17, 15) is 13.5 Å². The summed E-state index contributed by atoms with van der Waals surface area (Å²) in [5.74, 6) is 0.360. The van der Waals surface area contributed by atoms with Gasteiger partial charge in [0.1, 0.15) is 0 Å². The number of sulfonamides is 1. The minimum Gasteiger partial charge on any atom is -0.392 e. The van der Waals surface area contributed by atoms with E-state index < -0.39 is 21.5 Å². The van der Waals surface area contributed by atoms with Crippen LogP contribution >= 0.6 is 0 Å². The van der Waals surface area contributed by atoms with Crippen LogP contribution < -0.4 is 4.31 Å². The van der Waals surface area contributed by atoms with Crippen molar-refractivity contribution in [3.05, 3.63) is 60.7 Å². The number of hydrogen-bond acceptors (Lipinski definition) is 3. The van der Waals surface area contributed by atoms with Gasteiger partial charge in [0.25, 0.3) is 0 Å². The number of nitrogens with zero attached hydrogens (tertiary/aromatic N) is 1. The van der Waals surface area contributed by atoms with Gasteiger partial charge in [0.05, 0.1) is 23.2 Å². The molecule has 2 aromatic carbocycles. The summed E-state index contributed by atoms with van der Waals surface area (Å²) in [6.45, 7) is 4.26. The minimum absolute atomic E-state index is 0.0333. The van der Waals surface area contributed by atoms with E-state index in [2.05, 4.69) is 13.8 Å². The zero-order chi connectivity index (χ0) is 19.3. The number of hydrogen-bond donors (Lipinski definition) is 1. The van der Waals surface area contributed by atoms with Gasteiger partial charge in [-0.15, -0.1) is 0 Å². The smallest absolute Gasteiger partial charge is 0.240 e. The number of fused-ring (bicyclic) bond motifs is 2. The van der Waals surface area contributed by atoms with E-state index in [-0.39, 0.29) is 11.2 Å². The molecule has 2 aromatic rings. The quantitative estimate of drug-likeness (QED) is 0.833. The molecule has 0 saturated heterocycles. The van der Waals surface area contributed by atoms with Crippen molar-refractivity contribution in [3.63, 3.8) is 0 Å². The van der Waals surface area contributed by atoms with Crippen LogP contribution in [0.2, 0.25) is 0 Å². The Bertz CT molecular complexity index is 872. The van der Waals surface area contributed by atoms with Crippen LogP contribution in [0.25, 0.3) is 0 Å². The zero-order valence-corrected chi connectivity index (χ0v) is 16.7. The molecule has 0 aromatic heterocycles. The molecule has 5 heteroatoms. The van der Waals surface area contributed by atoms with Crippen molar-refractivity contribution in [2.45, 2.75) is 39.2 Å². The van der Waals surface area contributed by atoms with E-state index in [0.717, 1.165) is 12.8 Å². The highest BCUT2D eigenvalue weighted by atomic mass is 32.2. The van der Waals surface area contributed by atoms with Crippen molar-refractivity contribution < 1.29 is 13.5 Å². The van der Waals surface area contributed by atoms with Crippen LogP contribution in [0.5, 0.6) is 0 Å². The number of benzene rings is 2. The van der Waals surface area contributed by atoms with Gasteiger partial charge in [-0.3, -0.25) is 0 Å². The monoisotopic (exact) mass is 385 g/mol. The van der Waals surface area contributed by atoms with Gasteiger partial charge >= 0.3 is 0 Å². The molecule has 2 aliphatic rings. The SMILES string of the molecule is CC1(C)C2CCC1(CS(=O)(=O)N(c1ccccc1)c1ccccc1)C(O)C2. The fourth-order valence-corrected chi connectivity index (χ4v) is 7.74. The first kappa shape index (κ1) is 18.5. The summed E-state index contributed by atoms with van der Waals surface area (Å²) < 4.78 is 28.9. The summed E-state index contributed by atoms with van der Waals surface area (Å²) in [5, 5.41) is 10.8. The predicted octanol–water partition coefficient (Wildman–Crippen LogP) is 4.34. The van der Waals surface area contributed by atoms with E-state index in [1.54, 1.807) is 0 Å². The summed E-state index contributed by atoms with van der Waals surface area (Å²) in [4.78, 5) is 0. The van der Waals surface area contributed by atoms with Gasteiger partial charge in [-0.25, -0.2) is 12.7 Å². The topological polar surface area (TPSA) is 57.6 Å². The van der Waals surface area contributed by atoms with Crippen molar-refractivity contribution >= 4 is 21.4 Å². The van der Waals surface area contributed by atoms with E-state index in [4.69, 9.17) is 0 Å². The van der Waals surface area contributed by atoms with Crippen LogP contribution in [0.15, 0.2) is 60.7 Å². The molecule has 0 amide bonds. The fraction of sp³-hybridized carbons (Fsp3) is 0.455. The molecule has 4 rings (SSSR count). The average molecular weight is 386 g/mol. The van der Waals surface area contributed by atoms with Crippen molar-refractivity contribution in [2.75, 3.05) is 10.1 Å². The van der Waals surface area contributed by atoms with Gasteiger partial charge in [0.15, 0.2) is 0 Å². The fourth-order valence-electron chi connectivity index (χ4n) is 5.37. The molecule has 2 aliphatic carbocycles. The summed E-state index contributed by atoms with van der Waals surface area (Å²) >= 11 is 0. The highest BCUT2D eigenvalue weighted by molar-refractivity contribution is 7.93. The second-order valence-corrected chi connectivity index (χ2v) is 10.4. The predicted molar refractivity (Wildman–Crippen MR) is 108 cm³/mol. The first-order valence-corrected chi connectivity index (χ1v) is 11.2. The van der Waals surface area contributed by atoms with Gasteiger partial charge in [-0.05, 0) is 54.9 Å². The largest absolute Gasteiger partial charge is 0.392 e. The van der Waals surface area contributed by atoms with Crippen LogP contribution in [0, 0.1) is 16.7 Å². The maximum absolute atomic E-state index is 13.7. The molecule has 0 aliphatic heterocycles. The second kappa shape index (κ2) is 6.35. The number of rotatable bonds is 5. The Kier molecular flexibility index (Phi) is 4.35. The molecule has 2 saturated carbocycles. The summed E-state index contributed by atoms with van der Waals surface area (Å²) in [6, 6.07) is 18.4. The molecule has 0 heterocycles. The molecule has 0 radical (unpaired) electrons. The Morgan fingerprint density at radius 3 is 1.93 bits per heavy atom. The highest BCUT2D eigenvalue weighted by Gasteiger charge is 2.65. The van der Waals surface area contributed by atoms with Crippen molar-refractivity contribution in [1.82, 2.24) is 0 Å². The van der Waals surface area contributed by atoms with Crippen molar-refractivity contribution in [2.24, 2.45) is 16.7 Å². The molecular weight excluding hydrogens is 358 g/mol. The molecule has 27 heavy (non-hydrogen) atoms. The lowest BCUT2D eigenvalue weighted by Gasteiger charge is -2.41. The number of para-hydroxylation sites is 2. The van der Waals surface area contributed by atoms with Crippen LogP contribution in [0.3, 0.4) is 0 Å². The standard InChI is InChI=1S/C22H27NO3S/c1-21(2)17-13-14-22(21,20(24)15-17)16-27(25,26)23(18-9-5-3-6-10-18)19-11-7-4-8-12-19/h3-12,17,20,24H,13-16H2,1-2H3. The van der Waals surface area contributed by atoms with E-state index in [0.29, 0.717) is 23.7 Å².